The summed E-state index contributed by atoms with van der Waals surface area (Å²) in [6, 6.07) is 0. The second-order valence-corrected chi connectivity index (χ2v) is 3.55. The predicted molar refractivity (Wildman–Crippen MR) is 54.5 cm³/mol. The van der Waals surface area contributed by atoms with Gasteiger partial charge in [0.25, 0.3) is 0 Å². The van der Waals surface area contributed by atoms with Crippen molar-refractivity contribution < 1.29 is 14.6 Å². The fourth-order valence-electron chi connectivity index (χ4n) is 0.939. The Morgan fingerprint density at radius 1 is 1.71 bits per heavy atom. The number of rotatable bonds is 3. The first-order valence-electron chi connectivity index (χ1n) is 3.61. The lowest BCUT2D eigenvalue weighted by molar-refractivity contribution is 0.0690. The number of aromatic nitrogens is 1. The van der Waals surface area contributed by atoms with Crippen molar-refractivity contribution in [2.24, 2.45) is 0 Å². The van der Waals surface area contributed by atoms with Crippen LogP contribution in [-0.2, 0) is 0 Å². The lowest BCUT2D eigenvalue weighted by atomic mass is 10.3. The first kappa shape index (κ1) is 11.1. The molecular weight excluding hydrogens is 226 g/mol. The third-order valence-electron chi connectivity index (χ3n) is 1.57. The normalized spacial score (nSPS) is 9.93. The van der Waals surface area contributed by atoms with Gasteiger partial charge in [0.15, 0.2) is 11.4 Å². The van der Waals surface area contributed by atoms with Gasteiger partial charge in [-0.15, -0.1) is 11.8 Å². The van der Waals surface area contributed by atoms with Crippen molar-refractivity contribution in [3.8, 4) is 5.75 Å². The van der Waals surface area contributed by atoms with Gasteiger partial charge in [0.05, 0.1) is 12.0 Å². The van der Waals surface area contributed by atoms with Gasteiger partial charge in [0, 0.05) is 6.20 Å². The molecule has 0 atom stereocenters. The maximum atomic E-state index is 10.7. The van der Waals surface area contributed by atoms with Gasteiger partial charge in [0.2, 0.25) is 0 Å². The standard InChI is InChI=1S/C8H8ClNO3S/c1-13-7-4(14-2)3-10-6(5(7)9)8(11)12/h3H,1-2H3,(H,11,12). The highest BCUT2D eigenvalue weighted by Gasteiger charge is 2.17. The summed E-state index contributed by atoms with van der Waals surface area (Å²) in [5, 5.41) is 8.77. The molecule has 1 N–H and O–H groups in total. The number of ether oxygens (including phenoxy) is 1. The number of hydrogen-bond donors (Lipinski definition) is 1. The molecule has 0 aliphatic heterocycles. The smallest absolute Gasteiger partial charge is 0.356 e. The van der Waals surface area contributed by atoms with Crippen LogP contribution in [-0.4, -0.2) is 29.4 Å². The van der Waals surface area contributed by atoms with Crippen LogP contribution in [0.4, 0.5) is 0 Å². The molecule has 0 radical (unpaired) electrons. The molecule has 1 aromatic rings. The van der Waals surface area contributed by atoms with Crippen LogP contribution in [0.2, 0.25) is 5.02 Å². The molecule has 14 heavy (non-hydrogen) atoms. The van der Waals surface area contributed by atoms with E-state index >= 15 is 0 Å². The zero-order valence-electron chi connectivity index (χ0n) is 7.57. The van der Waals surface area contributed by atoms with Crippen molar-refractivity contribution in [2.45, 2.75) is 4.90 Å². The van der Waals surface area contributed by atoms with Crippen molar-refractivity contribution >= 4 is 29.3 Å². The number of carboxylic acid groups (broad SMARTS) is 1. The van der Waals surface area contributed by atoms with Crippen LogP contribution in [0.5, 0.6) is 5.75 Å². The number of aromatic carboxylic acids is 1. The molecule has 1 heterocycles. The summed E-state index contributed by atoms with van der Waals surface area (Å²) in [6.45, 7) is 0. The zero-order chi connectivity index (χ0) is 10.7. The molecule has 0 saturated heterocycles. The van der Waals surface area contributed by atoms with Crippen molar-refractivity contribution in [1.82, 2.24) is 4.98 Å². The first-order valence-corrected chi connectivity index (χ1v) is 5.21. The average molecular weight is 234 g/mol. The predicted octanol–water partition coefficient (Wildman–Crippen LogP) is 2.16. The maximum Gasteiger partial charge on any atom is 0.356 e. The average Bonchev–Trinajstić information content (AvgIpc) is 2.16. The van der Waals surface area contributed by atoms with E-state index in [0.29, 0.717) is 10.6 Å². The number of methoxy groups -OCH3 is 1. The van der Waals surface area contributed by atoms with Crippen molar-refractivity contribution in [1.29, 1.82) is 0 Å². The van der Waals surface area contributed by atoms with E-state index in [9.17, 15) is 4.79 Å². The van der Waals surface area contributed by atoms with Crippen molar-refractivity contribution in [3.05, 3.63) is 16.9 Å². The summed E-state index contributed by atoms with van der Waals surface area (Å²) in [5.41, 5.74) is -0.193. The summed E-state index contributed by atoms with van der Waals surface area (Å²) < 4.78 is 5.00. The summed E-state index contributed by atoms with van der Waals surface area (Å²) in [5.74, 6) is -0.812. The monoisotopic (exact) mass is 233 g/mol. The van der Waals surface area contributed by atoms with Crippen LogP contribution in [0.15, 0.2) is 11.1 Å². The highest BCUT2D eigenvalue weighted by molar-refractivity contribution is 7.98. The van der Waals surface area contributed by atoms with Gasteiger partial charge < -0.3 is 9.84 Å². The molecule has 0 spiro atoms. The molecule has 1 aromatic heterocycles. The fraction of sp³-hybridized carbons (Fsp3) is 0.250. The number of carboxylic acids is 1. The van der Waals surface area contributed by atoms with Gasteiger partial charge in [-0.05, 0) is 6.26 Å². The second kappa shape index (κ2) is 4.52. The highest BCUT2D eigenvalue weighted by Crippen LogP contribution is 2.35. The van der Waals surface area contributed by atoms with E-state index in [1.165, 1.54) is 25.1 Å². The topological polar surface area (TPSA) is 59.4 Å². The van der Waals surface area contributed by atoms with Crippen LogP contribution < -0.4 is 4.74 Å². The molecular formula is C8H8ClNO3S. The largest absolute Gasteiger partial charge is 0.494 e. The number of thioether (sulfide) groups is 1. The maximum absolute atomic E-state index is 10.7. The van der Waals surface area contributed by atoms with Gasteiger partial charge in [0.1, 0.15) is 5.02 Å². The third-order valence-corrected chi connectivity index (χ3v) is 2.65. The molecule has 76 valence electrons. The van der Waals surface area contributed by atoms with Gasteiger partial charge in [-0.3, -0.25) is 0 Å². The van der Waals surface area contributed by atoms with E-state index in [2.05, 4.69) is 4.98 Å². The molecule has 1 rings (SSSR count). The van der Waals surface area contributed by atoms with E-state index in [1.54, 1.807) is 0 Å². The Kier molecular flexibility index (Phi) is 3.60. The Morgan fingerprint density at radius 2 is 2.36 bits per heavy atom. The second-order valence-electron chi connectivity index (χ2n) is 2.33. The number of carbonyl (C=O) groups is 1. The lowest BCUT2D eigenvalue weighted by Gasteiger charge is -2.08. The zero-order valence-corrected chi connectivity index (χ0v) is 9.15. The van der Waals surface area contributed by atoms with Crippen LogP contribution in [0.3, 0.4) is 0 Å². The minimum atomic E-state index is -1.17. The van der Waals surface area contributed by atoms with Crippen LogP contribution >= 0.6 is 23.4 Å². The van der Waals surface area contributed by atoms with Gasteiger partial charge in [-0.1, -0.05) is 11.6 Å². The van der Waals surface area contributed by atoms with E-state index in [0.717, 1.165) is 0 Å². The third kappa shape index (κ3) is 1.93. The first-order chi connectivity index (χ1) is 6.61. The molecule has 0 saturated carbocycles. The molecule has 0 aliphatic carbocycles. The number of hydrogen-bond acceptors (Lipinski definition) is 4. The fourth-order valence-corrected chi connectivity index (χ4v) is 1.83. The minimum absolute atomic E-state index is 0.0341. The highest BCUT2D eigenvalue weighted by atomic mass is 35.5. The lowest BCUT2D eigenvalue weighted by Crippen LogP contribution is -2.03. The van der Waals surface area contributed by atoms with Crippen LogP contribution in [0, 0.1) is 0 Å². The summed E-state index contributed by atoms with van der Waals surface area (Å²) in [6.07, 6.45) is 3.26. The quantitative estimate of drug-likeness (QED) is 0.811. The molecule has 0 aliphatic rings. The molecule has 0 aromatic carbocycles. The van der Waals surface area contributed by atoms with Crippen molar-refractivity contribution in [2.75, 3.05) is 13.4 Å². The van der Waals surface area contributed by atoms with Crippen molar-refractivity contribution in [3.63, 3.8) is 0 Å². The SMILES string of the molecule is COc1c(SC)cnc(C(=O)O)c1Cl. The summed E-state index contributed by atoms with van der Waals surface area (Å²) >= 11 is 7.20. The van der Waals surface area contributed by atoms with E-state index in [-0.39, 0.29) is 10.7 Å². The Morgan fingerprint density at radius 3 is 2.79 bits per heavy atom. The number of halogens is 1. The Labute approximate surface area is 90.2 Å². The number of nitrogens with zero attached hydrogens (tertiary/aromatic N) is 1. The minimum Gasteiger partial charge on any atom is -0.494 e. The van der Waals surface area contributed by atoms with E-state index in [4.69, 9.17) is 21.4 Å². The molecule has 0 unspecified atom stereocenters. The van der Waals surface area contributed by atoms with Gasteiger partial charge >= 0.3 is 5.97 Å². The Balaban J connectivity index is 3.34. The molecule has 4 nitrogen and oxygen atoms in total. The Hall–Kier alpha value is -0.940. The van der Waals surface area contributed by atoms with Gasteiger partial charge in [-0.2, -0.15) is 0 Å². The molecule has 0 amide bonds. The van der Waals surface area contributed by atoms with Crippen LogP contribution in [0.25, 0.3) is 0 Å². The summed E-state index contributed by atoms with van der Waals surface area (Å²) in [4.78, 5) is 15.1. The van der Waals surface area contributed by atoms with E-state index < -0.39 is 5.97 Å². The molecule has 0 bridgehead atoms. The Bertz CT molecular complexity index is 370. The molecule has 0 fully saturated rings. The van der Waals surface area contributed by atoms with Crippen LogP contribution in [0.1, 0.15) is 10.5 Å². The number of pyridine rings is 1. The molecule has 6 heteroatoms. The summed E-state index contributed by atoms with van der Waals surface area (Å²) in [7, 11) is 1.44. The van der Waals surface area contributed by atoms with E-state index in [1.807, 2.05) is 6.26 Å². The van der Waals surface area contributed by atoms with Gasteiger partial charge in [-0.25, -0.2) is 9.78 Å².